The summed E-state index contributed by atoms with van der Waals surface area (Å²) < 4.78 is 1.04. The first kappa shape index (κ1) is 13.6. The zero-order chi connectivity index (χ0) is 14.3. The Morgan fingerprint density at radius 1 is 1.50 bits per heavy atom. The van der Waals surface area contributed by atoms with Crippen molar-refractivity contribution < 1.29 is 9.90 Å². The first-order valence-corrected chi connectivity index (χ1v) is 7.59. The van der Waals surface area contributed by atoms with Crippen molar-refractivity contribution in [1.29, 1.82) is 0 Å². The van der Waals surface area contributed by atoms with E-state index in [0.29, 0.717) is 5.92 Å². The Labute approximate surface area is 125 Å². The Kier molecular flexibility index (Phi) is 3.56. The second-order valence-corrected chi connectivity index (χ2v) is 6.33. The van der Waals surface area contributed by atoms with Gasteiger partial charge in [-0.2, -0.15) is 0 Å². The highest BCUT2D eigenvalue weighted by atomic mass is 79.9. The Bertz CT molecular complexity index is 678. The quantitative estimate of drug-likeness (QED) is 0.802. The van der Waals surface area contributed by atoms with E-state index in [1.54, 1.807) is 0 Å². The molecule has 1 aliphatic carbocycles. The maximum Gasteiger partial charge on any atom is 0.221 e. The molecule has 1 heterocycles. The predicted molar refractivity (Wildman–Crippen MR) is 81.5 cm³/mol. The molecule has 2 aromatic rings. The first-order valence-electron chi connectivity index (χ1n) is 6.80. The van der Waals surface area contributed by atoms with Gasteiger partial charge in [-0.25, -0.2) is 0 Å². The van der Waals surface area contributed by atoms with Crippen LogP contribution in [0, 0.1) is 5.92 Å². The number of aliphatic hydroxyl groups is 1. The molecule has 1 atom stereocenters. The molecule has 0 aliphatic heterocycles. The second-order valence-electron chi connectivity index (χ2n) is 5.47. The molecular formula is C15H17BrN2O2. The molecule has 1 aliphatic rings. The van der Waals surface area contributed by atoms with Crippen LogP contribution in [0.2, 0.25) is 0 Å². The van der Waals surface area contributed by atoms with Gasteiger partial charge < -0.3 is 15.8 Å². The molecule has 4 N–H and O–H groups in total. The average molecular weight is 337 g/mol. The van der Waals surface area contributed by atoms with Crippen LogP contribution in [0.5, 0.6) is 0 Å². The number of carbonyl (C=O) groups is 1. The number of fused-ring (bicyclic) bond motifs is 3. The molecular weight excluding hydrogens is 320 g/mol. The van der Waals surface area contributed by atoms with E-state index in [9.17, 15) is 9.90 Å². The maximum atomic E-state index is 11.2. The number of halogens is 1. The van der Waals surface area contributed by atoms with Gasteiger partial charge in [-0.15, -0.1) is 0 Å². The van der Waals surface area contributed by atoms with E-state index in [1.165, 1.54) is 11.3 Å². The molecule has 0 bridgehead atoms. The molecule has 1 unspecified atom stereocenters. The minimum absolute atomic E-state index is 0.226. The van der Waals surface area contributed by atoms with Gasteiger partial charge in [0.2, 0.25) is 5.91 Å². The third-order valence-electron chi connectivity index (χ3n) is 4.10. The zero-order valence-corrected chi connectivity index (χ0v) is 12.7. The number of H-pyrrole nitrogens is 1. The summed E-state index contributed by atoms with van der Waals surface area (Å²) in [5.74, 6) is 0.00311. The van der Waals surface area contributed by atoms with Crippen molar-refractivity contribution in [2.75, 3.05) is 6.61 Å². The molecule has 0 saturated heterocycles. The summed E-state index contributed by atoms with van der Waals surface area (Å²) in [6.07, 6.45) is 3.07. The number of aromatic nitrogens is 1. The standard InChI is InChI=1S/C15H17BrN2O2/c16-11-4-2-9(6-13(17)20)15-14(11)10-3-1-8(7-19)5-12(10)18-15/h2,4,8,18-19H,1,3,5-7H2,(H2,17,20). The van der Waals surface area contributed by atoms with Crippen LogP contribution in [-0.4, -0.2) is 22.6 Å². The summed E-state index contributed by atoms with van der Waals surface area (Å²) in [6, 6.07) is 3.91. The molecule has 0 saturated carbocycles. The number of benzene rings is 1. The van der Waals surface area contributed by atoms with Crippen molar-refractivity contribution in [3.05, 3.63) is 33.4 Å². The fourth-order valence-electron chi connectivity index (χ4n) is 3.12. The number of aromatic amines is 1. The van der Waals surface area contributed by atoms with Crippen LogP contribution in [0.4, 0.5) is 0 Å². The van der Waals surface area contributed by atoms with Gasteiger partial charge in [0, 0.05) is 22.2 Å². The van der Waals surface area contributed by atoms with Crippen molar-refractivity contribution in [2.45, 2.75) is 25.7 Å². The van der Waals surface area contributed by atoms with E-state index in [0.717, 1.165) is 40.2 Å². The summed E-state index contributed by atoms with van der Waals surface area (Å²) in [6.45, 7) is 0.226. The van der Waals surface area contributed by atoms with E-state index in [-0.39, 0.29) is 18.9 Å². The number of rotatable bonds is 3. The van der Waals surface area contributed by atoms with Crippen LogP contribution in [-0.2, 0) is 24.1 Å². The fourth-order valence-corrected chi connectivity index (χ4v) is 3.69. The summed E-state index contributed by atoms with van der Waals surface area (Å²) in [5.41, 5.74) is 9.75. The number of amides is 1. The van der Waals surface area contributed by atoms with Crippen molar-refractivity contribution in [3.63, 3.8) is 0 Å². The summed E-state index contributed by atoms with van der Waals surface area (Å²) >= 11 is 3.60. The number of nitrogens with two attached hydrogens (primary N) is 1. The molecule has 0 radical (unpaired) electrons. The van der Waals surface area contributed by atoms with Gasteiger partial charge >= 0.3 is 0 Å². The van der Waals surface area contributed by atoms with Gasteiger partial charge in [-0.1, -0.05) is 22.0 Å². The zero-order valence-electron chi connectivity index (χ0n) is 11.1. The molecule has 20 heavy (non-hydrogen) atoms. The highest BCUT2D eigenvalue weighted by Crippen LogP contribution is 2.37. The van der Waals surface area contributed by atoms with Gasteiger partial charge in [0.15, 0.2) is 0 Å². The molecule has 4 nitrogen and oxygen atoms in total. The number of carbonyl (C=O) groups excluding carboxylic acids is 1. The lowest BCUT2D eigenvalue weighted by atomic mass is 9.87. The topological polar surface area (TPSA) is 79.1 Å². The van der Waals surface area contributed by atoms with E-state index >= 15 is 0 Å². The fraction of sp³-hybridized carbons (Fsp3) is 0.400. The van der Waals surface area contributed by atoms with E-state index in [4.69, 9.17) is 5.73 Å². The van der Waals surface area contributed by atoms with Crippen LogP contribution < -0.4 is 5.73 Å². The smallest absolute Gasteiger partial charge is 0.221 e. The van der Waals surface area contributed by atoms with E-state index in [1.807, 2.05) is 12.1 Å². The average Bonchev–Trinajstić information content (AvgIpc) is 2.80. The molecule has 1 amide bonds. The van der Waals surface area contributed by atoms with Crippen LogP contribution in [0.25, 0.3) is 10.9 Å². The van der Waals surface area contributed by atoms with Gasteiger partial charge in [0.25, 0.3) is 0 Å². The predicted octanol–water partition coefficient (Wildman–Crippen LogP) is 2.06. The van der Waals surface area contributed by atoms with E-state index < -0.39 is 0 Å². The minimum Gasteiger partial charge on any atom is -0.396 e. The number of primary amides is 1. The molecule has 1 aromatic heterocycles. The third kappa shape index (κ3) is 2.25. The second kappa shape index (κ2) is 5.22. The number of hydrogen-bond acceptors (Lipinski definition) is 2. The van der Waals surface area contributed by atoms with Crippen LogP contribution in [0.15, 0.2) is 16.6 Å². The van der Waals surface area contributed by atoms with Crippen molar-refractivity contribution in [3.8, 4) is 0 Å². The van der Waals surface area contributed by atoms with Gasteiger partial charge in [-0.05, 0) is 42.4 Å². The lowest BCUT2D eigenvalue weighted by Gasteiger charge is -2.20. The van der Waals surface area contributed by atoms with Crippen LogP contribution in [0.3, 0.4) is 0 Å². The Morgan fingerprint density at radius 2 is 2.30 bits per heavy atom. The van der Waals surface area contributed by atoms with Crippen molar-refractivity contribution in [1.82, 2.24) is 4.98 Å². The molecule has 1 aromatic carbocycles. The molecule has 3 rings (SSSR count). The SMILES string of the molecule is NC(=O)Cc1ccc(Br)c2c3c([nH]c12)CC(CO)CC3. The highest BCUT2D eigenvalue weighted by Gasteiger charge is 2.24. The molecule has 0 fully saturated rings. The maximum absolute atomic E-state index is 11.2. The van der Waals surface area contributed by atoms with E-state index in [2.05, 4.69) is 20.9 Å². The van der Waals surface area contributed by atoms with Gasteiger partial charge in [0.05, 0.1) is 11.9 Å². The summed E-state index contributed by atoms with van der Waals surface area (Å²) in [4.78, 5) is 14.6. The summed E-state index contributed by atoms with van der Waals surface area (Å²) in [7, 11) is 0. The minimum atomic E-state index is -0.325. The Hall–Kier alpha value is -1.33. The largest absolute Gasteiger partial charge is 0.396 e. The normalized spacial score (nSPS) is 18.2. The van der Waals surface area contributed by atoms with Crippen molar-refractivity contribution >= 4 is 32.7 Å². The van der Waals surface area contributed by atoms with Gasteiger partial charge in [0.1, 0.15) is 0 Å². The third-order valence-corrected chi connectivity index (χ3v) is 4.76. The molecule has 0 spiro atoms. The number of aryl methyl sites for hydroxylation is 1. The summed E-state index contributed by atoms with van der Waals surface area (Å²) in [5, 5.41) is 10.5. The Balaban J connectivity index is 2.15. The Morgan fingerprint density at radius 3 is 3.00 bits per heavy atom. The molecule has 5 heteroatoms. The monoisotopic (exact) mass is 336 g/mol. The van der Waals surface area contributed by atoms with Crippen LogP contribution >= 0.6 is 15.9 Å². The lowest BCUT2D eigenvalue weighted by Crippen LogP contribution is -2.16. The lowest BCUT2D eigenvalue weighted by molar-refractivity contribution is -0.117. The highest BCUT2D eigenvalue weighted by molar-refractivity contribution is 9.10. The van der Waals surface area contributed by atoms with Gasteiger partial charge in [-0.3, -0.25) is 4.79 Å². The number of nitrogens with one attached hydrogen (secondary N) is 1. The number of aliphatic hydroxyl groups excluding tert-OH is 1. The number of hydrogen-bond donors (Lipinski definition) is 3. The van der Waals surface area contributed by atoms with Crippen LogP contribution in [0.1, 0.15) is 23.2 Å². The van der Waals surface area contributed by atoms with Crippen molar-refractivity contribution in [2.24, 2.45) is 11.7 Å². The molecule has 106 valence electrons. The first-order chi connectivity index (χ1) is 9.60.